The predicted molar refractivity (Wildman–Crippen MR) is 75.0 cm³/mol. The first-order valence-electron chi connectivity index (χ1n) is 7.38. The normalized spacial score (nSPS) is 27.5. The molecule has 1 heterocycles. The van der Waals surface area contributed by atoms with Crippen LogP contribution in [0.15, 0.2) is 0 Å². The predicted octanol–water partition coefficient (Wildman–Crippen LogP) is 3.48. The smallest absolute Gasteiger partial charge is 0.314 e. The van der Waals surface area contributed by atoms with Crippen LogP contribution in [-0.2, 0) is 18.9 Å². The van der Waals surface area contributed by atoms with E-state index in [-0.39, 0.29) is 18.3 Å². The minimum atomic E-state index is -1.11. The zero-order valence-corrected chi connectivity index (χ0v) is 13.5. The average Bonchev–Trinajstić information content (AvgIpc) is 2.19. The summed E-state index contributed by atoms with van der Waals surface area (Å²) >= 11 is 0. The van der Waals surface area contributed by atoms with Crippen LogP contribution in [0.25, 0.3) is 0 Å². The van der Waals surface area contributed by atoms with E-state index in [1.807, 2.05) is 48.5 Å². The summed E-state index contributed by atoms with van der Waals surface area (Å²) in [6, 6.07) is 0. The van der Waals surface area contributed by atoms with Crippen molar-refractivity contribution in [3.8, 4) is 0 Å². The molecule has 114 valence electrons. The Hall–Kier alpha value is -0.160. The van der Waals surface area contributed by atoms with Crippen molar-refractivity contribution in [2.75, 3.05) is 6.61 Å². The van der Waals surface area contributed by atoms with E-state index >= 15 is 0 Å². The van der Waals surface area contributed by atoms with Gasteiger partial charge in [-0.1, -0.05) is 0 Å². The molecule has 1 atom stereocenters. The van der Waals surface area contributed by atoms with Gasteiger partial charge in [0.2, 0.25) is 0 Å². The maximum Gasteiger partial charge on any atom is 0.314 e. The minimum Gasteiger partial charge on any atom is -0.364 e. The molecule has 1 rings (SSSR count). The van der Waals surface area contributed by atoms with E-state index in [1.165, 1.54) is 0 Å². The van der Waals surface area contributed by atoms with Crippen LogP contribution in [-0.4, -0.2) is 36.5 Å². The van der Waals surface area contributed by atoms with Crippen molar-refractivity contribution >= 4 is 0 Å². The summed E-state index contributed by atoms with van der Waals surface area (Å²) in [5, 5.41) is 0. The fourth-order valence-corrected chi connectivity index (χ4v) is 2.54. The molecule has 4 nitrogen and oxygen atoms in total. The molecule has 0 amide bonds. The molecule has 1 fully saturated rings. The van der Waals surface area contributed by atoms with Crippen LogP contribution >= 0.6 is 0 Å². The van der Waals surface area contributed by atoms with Gasteiger partial charge in [0.1, 0.15) is 5.60 Å². The molecule has 0 bridgehead atoms. The summed E-state index contributed by atoms with van der Waals surface area (Å²) in [6.07, 6.45) is 1.93. The quantitative estimate of drug-likeness (QED) is 0.695. The number of hydrogen-bond donors (Lipinski definition) is 0. The Kier molecular flexibility index (Phi) is 5.80. The van der Waals surface area contributed by atoms with Gasteiger partial charge in [-0.25, -0.2) is 0 Å². The lowest BCUT2D eigenvalue weighted by atomic mass is 9.93. The van der Waals surface area contributed by atoms with E-state index in [0.717, 1.165) is 12.8 Å². The molecule has 0 aromatic carbocycles. The van der Waals surface area contributed by atoms with Crippen LogP contribution in [0.3, 0.4) is 0 Å². The number of ether oxygens (including phenoxy) is 4. The van der Waals surface area contributed by atoms with E-state index in [1.54, 1.807) is 0 Å². The molecule has 0 aliphatic carbocycles. The molecule has 0 aromatic heterocycles. The minimum absolute atomic E-state index is 0.00642. The third-order valence-corrected chi connectivity index (χ3v) is 3.02. The lowest BCUT2D eigenvalue weighted by Gasteiger charge is -2.51. The van der Waals surface area contributed by atoms with Crippen LogP contribution < -0.4 is 0 Å². The van der Waals surface area contributed by atoms with Crippen molar-refractivity contribution in [2.24, 2.45) is 0 Å². The molecule has 1 unspecified atom stereocenters. The lowest BCUT2D eigenvalue weighted by molar-refractivity contribution is -0.473. The van der Waals surface area contributed by atoms with E-state index in [9.17, 15) is 0 Å². The molecule has 0 saturated carbocycles. The van der Waals surface area contributed by atoms with Gasteiger partial charge < -0.3 is 18.9 Å². The topological polar surface area (TPSA) is 36.9 Å². The molecular weight excluding hydrogens is 244 g/mol. The number of rotatable bonds is 6. The highest BCUT2D eigenvalue weighted by Gasteiger charge is 2.57. The summed E-state index contributed by atoms with van der Waals surface area (Å²) in [5.41, 5.74) is -0.589. The fourth-order valence-electron chi connectivity index (χ4n) is 2.54. The van der Waals surface area contributed by atoms with Gasteiger partial charge in [0, 0.05) is 0 Å². The first-order valence-corrected chi connectivity index (χ1v) is 7.38. The van der Waals surface area contributed by atoms with E-state index < -0.39 is 11.6 Å². The highest BCUT2D eigenvalue weighted by atomic mass is 16.9. The van der Waals surface area contributed by atoms with E-state index in [0.29, 0.717) is 6.61 Å². The third-order valence-electron chi connectivity index (χ3n) is 3.02. The highest BCUT2D eigenvalue weighted by Crippen LogP contribution is 2.42. The van der Waals surface area contributed by atoms with Crippen LogP contribution in [0.2, 0.25) is 0 Å². The Morgan fingerprint density at radius 1 is 0.842 bits per heavy atom. The van der Waals surface area contributed by atoms with Crippen molar-refractivity contribution in [2.45, 2.75) is 91.2 Å². The van der Waals surface area contributed by atoms with Gasteiger partial charge in [0.05, 0.1) is 24.9 Å². The standard InChI is InChI=1S/C15H30O4/c1-11(2)17-14(7)9-8-10-16-15(14,18-12(3)4)19-13(5)6/h11-13H,8-10H2,1-7H3. The lowest BCUT2D eigenvalue weighted by Crippen LogP contribution is -2.63. The Balaban J connectivity index is 3.05. The van der Waals surface area contributed by atoms with Gasteiger partial charge in [-0.3, -0.25) is 0 Å². The zero-order chi connectivity index (χ0) is 14.7. The monoisotopic (exact) mass is 274 g/mol. The third kappa shape index (κ3) is 4.15. The Morgan fingerprint density at radius 3 is 1.74 bits per heavy atom. The van der Waals surface area contributed by atoms with E-state index in [2.05, 4.69) is 0 Å². The Bertz CT molecular complexity index is 265. The second-order valence-corrected chi connectivity index (χ2v) is 6.24. The van der Waals surface area contributed by atoms with Crippen molar-refractivity contribution in [1.82, 2.24) is 0 Å². The van der Waals surface area contributed by atoms with Crippen LogP contribution in [0, 0.1) is 0 Å². The number of hydrogen-bond acceptors (Lipinski definition) is 4. The summed E-state index contributed by atoms with van der Waals surface area (Å²) in [7, 11) is 0. The summed E-state index contributed by atoms with van der Waals surface area (Å²) < 4.78 is 24.1. The first-order chi connectivity index (χ1) is 8.71. The molecule has 0 spiro atoms. The summed E-state index contributed by atoms with van der Waals surface area (Å²) in [5.74, 6) is -1.11. The van der Waals surface area contributed by atoms with Crippen molar-refractivity contribution in [3.63, 3.8) is 0 Å². The summed E-state index contributed by atoms with van der Waals surface area (Å²) in [6.45, 7) is 14.6. The molecular formula is C15H30O4. The van der Waals surface area contributed by atoms with Gasteiger partial charge in [0.25, 0.3) is 0 Å². The second-order valence-electron chi connectivity index (χ2n) is 6.24. The largest absolute Gasteiger partial charge is 0.364 e. The molecule has 1 aliphatic rings. The van der Waals surface area contributed by atoms with Gasteiger partial charge in [-0.05, 0) is 61.3 Å². The van der Waals surface area contributed by atoms with Crippen molar-refractivity contribution in [1.29, 1.82) is 0 Å². The first kappa shape index (κ1) is 16.9. The van der Waals surface area contributed by atoms with Crippen LogP contribution in [0.1, 0.15) is 61.3 Å². The van der Waals surface area contributed by atoms with Gasteiger partial charge >= 0.3 is 5.97 Å². The van der Waals surface area contributed by atoms with Gasteiger partial charge in [-0.15, -0.1) is 0 Å². The van der Waals surface area contributed by atoms with Crippen LogP contribution in [0.4, 0.5) is 0 Å². The van der Waals surface area contributed by atoms with E-state index in [4.69, 9.17) is 18.9 Å². The average molecular weight is 274 g/mol. The highest BCUT2D eigenvalue weighted by molar-refractivity contribution is 4.91. The van der Waals surface area contributed by atoms with Gasteiger partial charge in [-0.2, -0.15) is 0 Å². The van der Waals surface area contributed by atoms with Gasteiger partial charge in [0.15, 0.2) is 0 Å². The molecule has 19 heavy (non-hydrogen) atoms. The Morgan fingerprint density at radius 2 is 1.32 bits per heavy atom. The fraction of sp³-hybridized carbons (Fsp3) is 1.00. The SMILES string of the molecule is CC(C)OC1(C)CCCOC1(OC(C)C)OC(C)C. The molecule has 1 saturated heterocycles. The maximum atomic E-state index is 6.12. The van der Waals surface area contributed by atoms with Crippen LogP contribution in [0.5, 0.6) is 0 Å². The molecule has 4 heteroatoms. The maximum absolute atomic E-state index is 6.12. The molecule has 0 N–H and O–H groups in total. The molecule has 1 aliphatic heterocycles. The zero-order valence-electron chi connectivity index (χ0n) is 13.5. The van der Waals surface area contributed by atoms with Crippen molar-refractivity contribution < 1.29 is 18.9 Å². The Labute approximate surface area is 117 Å². The van der Waals surface area contributed by atoms with Crippen molar-refractivity contribution in [3.05, 3.63) is 0 Å². The molecule has 0 aromatic rings. The second kappa shape index (κ2) is 6.53. The molecule has 0 radical (unpaired) electrons. The summed E-state index contributed by atoms with van der Waals surface area (Å²) in [4.78, 5) is 0.